The number of fused-ring (bicyclic) bond motifs is 1. The molecule has 0 saturated carbocycles. The van der Waals surface area contributed by atoms with E-state index in [1.165, 1.54) is 7.11 Å². The maximum absolute atomic E-state index is 14.0. The van der Waals surface area contributed by atoms with Gasteiger partial charge in [-0.1, -0.05) is 66.7 Å². The zero-order valence-corrected chi connectivity index (χ0v) is 33.4. The molecule has 3 aromatic heterocycles. The van der Waals surface area contributed by atoms with Crippen molar-refractivity contribution < 1.29 is 28.3 Å². The minimum absolute atomic E-state index is 0.0962. The van der Waals surface area contributed by atoms with Gasteiger partial charge in [0.05, 0.1) is 62.1 Å². The van der Waals surface area contributed by atoms with E-state index in [9.17, 15) is 14.4 Å². The van der Waals surface area contributed by atoms with Crippen LogP contribution >= 0.6 is 0 Å². The average Bonchev–Trinajstić information content (AvgIpc) is 4.15. The molecular weight excluding hydrogens is 759 g/mol. The summed E-state index contributed by atoms with van der Waals surface area (Å²) in [6.45, 7) is 1.26. The van der Waals surface area contributed by atoms with E-state index in [1.807, 2.05) is 114 Å². The first-order chi connectivity index (χ1) is 29.4. The Morgan fingerprint density at radius 1 is 0.783 bits per heavy atom. The van der Waals surface area contributed by atoms with Crippen LogP contribution in [-0.2, 0) is 20.7 Å². The van der Waals surface area contributed by atoms with Crippen molar-refractivity contribution in [2.75, 3.05) is 27.3 Å². The van der Waals surface area contributed by atoms with E-state index in [-0.39, 0.29) is 23.9 Å². The van der Waals surface area contributed by atoms with Gasteiger partial charge in [-0.15, -0.1) is 0 Å². The van der Waals surface area contributed by atoms with Gasteiger partial charge in [0.15, 0.2) is 0 Å². The van der Waals surface area contributed by atoms with Gasteiger partial charge in [-0.25, -0.2) is 14.8 Å². The molecule has 0 spiro atoms. The van der Waals surface area contributed by atoms with Crippen molar-refractivity contribution in [1.29, 1.82) is 0 Å². The summed E-state index contributed by atoms with van der Waals surface area (Å²) in [6.07, 6.45) is 6.63. The molecule has 2 aliphatic heterocycles. The maximum Gasteiger partial charge on any atom is 0.407 e. The van der Waals surface area contributed by atoms with Crippen LogP contribution in [0.1, 0.15) is 66.6 Å². The minimum Gasteiger partial charge on any atom is -0.496 e. The van der Waals surface area contributed by atoms with Crippen LogP contribution in [0.15, 0.2) is 120 Å². The van der Waals surface area contributed by atoms with Crippen LogP contribution in [0.5, 0.6) is 5.75 Å². The summed E-state index contributed by atoms with van der Waals surface area (Å²) >= 11 is 0. The molecular formula is C47H45N7O6. The molecule has 3 N–H and O–H groups in total. The Hall–Kier alpha value is -7.15. The third-order valence-electron chi connectivity index (χ3n) is 11.6. The van der Waals surface area contributed by atoms with Gasteiger partial charge in [-0.2, -0.15) is 0 Å². The van der Waals surface area contributed by atoms with E-state index in [0.29, 0.717) is 42.4 Å². The first-order valence-corrected chi connectivity index (χ1v) is 20.2. The number of likely N-dealkylation sites (tertiary alicyclic amines) is 2. The van der Waals surface area contributed by atoms with Crippen LogP contribution in [-0.4, -0.2) is 75.0 Å². The second kappa shape index (κ2) is 16.6. The van der Waals surface area contributed by atoms with Gasteiger partial charge in [-0.05, 0) is 73.2 Å². The second-order valence-corrected chi connectivity index (χ2v) is 15.2. The molecule has 13 heteroatoms. The van der Waals surface area contributed by atoms with Crippen LogP contribution in [0.25, 0.3) is 44.8 Å². The average molecular weight is 804 g/mol. The summed E-state index contributed by atoms with van der Waals surface area (Å²) in [5.41, 5.74) is 6.67. The Labute approximate surface area is 346 Å². The molecule has 13 nitrogen and oxygen atoms in total. The van der Waals surface area contributed by atoms with Gasteiger partial charge in [-0.3, -0.25) is 9.59 Å². The zero-order chi connectivity index (χ0) is 41.2. The summed E-state index contributed by atoms with van der Waals surface area (Å²) in [5.74, 6) is 2.65. The molecule has 2 aliphatic rings. The molecule has 0 radical (unpaired) electrons. The Morgan fingerprint density at radius 2 is 1.42 bits per heavy atom. The first kappa shape index (κ1) is 38.4. The quantitative estimate of drug-likeness (QED) is 0.117. The highest BCUT2D eigenvalue weighted by Gasteiger charge is 2.37. The summed E-state index contributed by atoms with van der Waals surface area (Å²) < 4.78 is 17.1. The number of nitrogens with one attached hydrogen (secondary N) is 3. The number of aromatic amines is 2. The molecule has 3 atom stereocenters. The molecule has 2 saturated heterocycles. The van der Waals surface area contributed by atoms with Crippen LogP contribution in [0, 0.1) is 0 Å². The lowest BCUT2D eigenvalue weighted by atomic mass is 10.0. The van der Waals surface area contributed by atoms with E-state index in [4.69, 9.17) is 23.9 Å². The highest BCUT2D eigenvalue weighted by Crippen LogP contribution is 2.39. The molecule has 3 amide bonds. The molecule has 9 rings (SSSR count). The normalized spacial score (nSPS) is 16.9. The number of furan rings is 1. The minimum atomic E-state index is -0.892. The van der Waals surface area contributed by atoms with Gasteiger partial charge in [0.1, 0.15) is 34.8 Å². The lowest BCUT2D eigenvalue weighted by molar-refractivity contribution is -0.134. The van der Waals surface area contributed by atoms with Crippen molar-refractivity contribution in [1.82, 2.24) is 35.1 Å². The number of methoxy groups -OCH3 is 2. The third kappa shape index (κ3) is 7.61. The van der Waals surface area contributed by atoms with E-state index < -0.39 is 12.1 Å². The molecule has 5 heterocycles. The first-order valence-electron chi connectivity index (χ1n) is 20.2. The van der Waals surface area contributed by atoms with Crippen LogP contribution in [0.4, 0.5) is 4.79 Å². The number of aromatic nitrogens is 4. The third-order valence-corrected chi connectivity index (χ3v) is 11.6. The lowest BCUT2D eigenvalue weighted by Crippen LogP contribution is -2.42. The maximum atomic E-state index is 14.0. The number of ether oxygens (including phenoxy) is 2. The van der Waals surface area contributed by atoms with Gasteiger partial charge in [0.25, 0.3) is 5.91 Å². The summed E-state index contributed by atoms with van der Waals surface area (Å²) in [4.78, 5) is 59.7. The second-order valence-electron chi connectivity index (χ2n) is 15.2. The Morgan fingerprint density at radius 3 is 2.10 bits per heavy atom. The van der Waals surface area contributed by atoms with Crippen molar-refractivity contribution in [3.63, 3.8) is 0 Å². The van der Waals surface area contributed by atoms with Crippen molar-refractivity contribution in [3.8, 4) is 39.6 Å². The number of benzene rings is 4. The Bertz CT molecular complexity index is 2650. The number of H-pyrrole nitrogens is 2. The number of imidazole rings is 2. The molecule has 0 aliphatic carbocycles. The fourth-order valence-electron chi connectivity index (χ4n) is 8.52. The number of hydrogen-bond donors (Lipinski definition) is 3. The highest BCUT2D eigenvalue weighted by atomic mass is 16.5. The molecule has 0 unspecified atom stereocenters. The topological polar surface area (TPSA) is 159 Å². The number of amides is 3. The van der Waals surface area contributed by atoms with Gasteiger partial charge in [0.2, 0.25) is 5.91 Å². The van der Waals surface area contributed by atoms with Crippen molar-refractivity contribution in [2.24, 2.45) is 0 Å². The van der Waals surface area contributed by atoms with E-state index in [2.05, 4.69) is 15.3 Å². The summed E-state index contributed by atoms with van der Waals surface area (Å²) in [5, 5.41) is 3.62. The van der Waals surface area contributed by atoms with Gasteiger partial charge >= 0.3 is 6.09 Å². The van der Waals surface area contributed by atoms with Gasteiger partial charge < -0.3 is 39.0 Å². The fourth-order valence-corrected chi connectivity index (χ4v) is 8.52. The van der Waals surface area contributed by atoms with Crippen LogP contribution < -0.4 is 10.1 Å². The molecule has 4 aromatic carbocycles. The zero-order valence-electron chi connectivity index (χ0n) is 33.4. The number of nitrogens with zero attached hydrogens (tertiary/aromatic N) is 4. The standard InChI is InChI=1S/C47H45N7O6/c1-58-40-25-32(36-28-48-44(51-36)37-15-9-21-53(37)42(55)23-29-11-5-3-6-12-29)17-19-34(40)41-26-33-24-31(18-20-39(33)60-41)35-27-49-45(50-35)38-16-10-22-54(38)46(56)43(52-47(57)59-2)30-13-7-4-8-14-30/h3-8,11-14,17-20,24-28,37-38,43H,9-10,15-16,21-23H2,1-2H3,(H,48,51)(H,49,50)(H,52,57)/t37-,38-,43+/m0/s1. The monoisotopic (exact) mass is 803 g/mol. The Balaban J connectivity index is 0.912. The smallest absolute Gasteiger partial charge is 0.407 e. The number of carbonyl (C=O) groups is 3. The predicted octanol–water partition coefficient (Wildman–Crippen LogP) is 8.56. The van der Waals surface area contributed by atoms with Crippen molar-refractivity contribution >= 4 is 28.9 Å². The van der Waals surface area contributed by atoms with Crippen molar-refractivity contribution in [2.45, 2.75) is 50.2 Å². The van der Waals surface area contributed by atoms with Crippen LogP contribution in [0.3, 0.4) is 0 Å². The van der Waals surface area contributed by atoms with Gasteiger partial charge in [0, 0.05) is 29.6 Å². The highest BCUT2D eigenvalue weighted by molar-refractivity contribution is 5.89. The van der Waals surface area contributed by atoms with Crippen LogP contribution in [0.2, 0.25) is 0 Å². The van der Waals surface area contributed by atoms with Crippen molar-refractivity contribution in [3.05, 3.63) is 138 Å². The number of rotatable bonds is 11. The largest absolute Gasteiger partial charge is 0.496 e. The number of hydrogen-bond acceptors (Lipinski definition) is 8. The van der Waals surface area contributed by atoms with E-state index in [0.717, 1.165) is 76.1 Å². The predicted molar refractivity (Wildman–Crippen MR) is 226 cm³/mol. The molecule has 2 fully saturated rings. The molecule has 304 valence electrons. The summed E-state index contributed by atoms with van der Waals surface area (Å²) in [6, 6.07) is 31.7. The molecule has 60 heavy (non-hydrogen) atoms. The molecule has 0 bridgehead atoms. The number of carbonyl (C=O) groups excluding carboxylic acids is 3. The fraction of sp³-hybridized carbons (Fsp3) is 0.255. The summed E-state index contributed by atoms with van der Waals surface area (Å²) in [7, 11) is 2.92. The molecule has 7 aromatic rings. The Kier molecular flexibility index (Phi) is 10.6. The van der Waals surface area contributed by atoms with E-state index >= 15 is 0 Å². The number of alkyl carbamates (subject to hydrolysis) is 1. The lowest BCUT2D eigenvalue weighted by Gasteiger charge is -2.28. The SMILES string of the molecule is COC(=O)N[C@@H](C(=O)N1CCC[C@H]1c1ncc(-c2ccc3oc(-c4ccc(-c5cnc([C@@H]6CCCN6C(=O)Cc6ccccc6)[nH]5)cc4OC)cc3c2)[nH]1)c1ccccc1. The van der Waals surface area contributed by atoms with E-state index in [1.54, 1.807) is 18.2 Å².